The van der Waals surface area contributed by atoms with Crippen molar-refractivity contribution in [2.45, 2.75) is 32.5 Å². The molecule has 0 saturated carbocycles. The van der Waals surface area contributed by atoms with E-state index in [-0.39, 0.29) is 5.92 Å². The molecule has 0 fully saturated rings. The van der Waals surface area contributed by atoms with Crippen LogP contribution in [0, 0.1) is 5.92 Å². The lowest BCUT2D eigenvalue weighted by molar-refractivity contribution is -0.0154. The van der Waals surface area contributed by atoms with Crippen molar-refractivity contribution in [3.05, 3.63) is 69.7 Å². The number of hydrogen-bond donors (Lipinski definition) is 1. The van der Waals surface area contributed by atoms with E-state index in [9.17, 15) is 9.90 Å². The molecule has 3 nitrogen and oxygen atoms in total. The van der Waals surface area contributed by atoms with Crippen LogP contribution in [0.25, 0.3) is 0 Å². The van der Waals surface area contributed by atoms with Gasteiger partial charge < -0.3 is 9.84 Å². The van der Waals surface area contributed by atoms with Crippen LogP contribution < -0.4 is 0 Å². The van der Waals surface area contributed by atoms with Crippen LogP contribution in [-0.2, 0) is 4.74 Å². The highest BCUT2D eigenvalue weighted by Gasteiger charge is 2.28. The van der Waals surface area contributed by atoms with E-state index in [0.29, 0.717) is 22.0 Å². The molecular weight excluding hydrogens is 347 g/mol. The average molecular weight is 367 g/mol. The van der Waals surface area contributed by atoms with Crippen molar-refractivity contribution in [3.8, 4) is 0 Å². The number of ether oxygens (including phenoxy) is 1. The predicted octanol–water partition coefficient (Wildman–Crippen LogP) is 5.30. The maximum atomic E-state index is 12.4. The zero-order valence-corrected chi connectivity index (χ0v) is 15.1. The summed E-state index contributed by atoms with van der Waals surface area (Å²) in [5, 5.41) is 11.4. The molecule has 3 atom stereocenters. The maximum Gasteiger partial charge on any atom is 0.338 e. The summed E-state index contributed by atoms with van der Waals surface area (Å²) in [5.74, 6) is -0.714. The Hall–Kier alpha value is -1.55. The van der Waals surface area contributed by atoms with Gasteiger partial charge in [0.15, 0.2) is 0 Å². The largest absolute Gasteiger partial charge is 0.454 e. The Bertz CT molecular complexity index is 668. The summed E-state index contributed by atoms with van der Waals surface area (Å²) in [6, 6.07) is 13.6. The van der Waals surface area contributed by atoms with Crippen LogP contribution in [-0.4, -0.2) is 17.2 Å². The smallest absolute Gasteiger partial charge is 0.338 e. The molecule has 0 aromatic heterocycles. The van der Waals surface area contributed by atoms with Crippen molar-refractivity contribution in [2.75, 3.05) is 0 Å². The predicted molar refractivity (Wildman–Crippen MR) is 96.5 cm³/mol. The van der Waals surface area contributed by atoms with Crippen molar-refractivity contribution < 1.29 is 14.6 Å². The molecule has 0 aliphatic heterocycles. The van der Waals surface area contributed by atoms with Crippen molar-refractivity contribution in [1.82, 2.24) is 0 Å². The van der Waals surface area contributed by atoms with Gasteiger partial charge in [0, 0.05) is 16.0 Å². The summed E-state index contributed by atoms with van der Waals surface area (Å²) in [7, 11) is 0. The SMILES string of the molecule is CC[C@@H](O)[C@H](C)[C@H](OC(=O)c1ccc(Cl)cc1)c1ccc(Cl)cc1. The molecule has 2 rings (SSSR count). The maximum absolute atomic E-state index is 12.4. The van der Waals surface area contributed by atoms with Gasteiger partial charge in [-0.2, -0.15) is 0 Å². The van der Waals surface area contributed by atoms with E-state index in [1.165, 1.54) is 0 Å². The molecule has 5 heteroatoms. The van der Waals surface area contributed by atoms with E-state index in [0.717, 1.165) is 5.56 Å². The van der Waals surface area contributed by atoms with Crippen molar-refractivity contribution in [2.24, 2.45) is 5.92 Å². The van der Waals surface area contributed by atoms with E-state index in [4.69, 9.17) is 27.9 Å². The molecule has 24 heavy (non-hydrogen) atoms. The number of aliphatic hydroxyl groups is 1. The molecule has 0 saturated heterocycles. The molecule has 2 aromatic carbocycles. The highest BCUT2D eigenvalue weighted by atomic mass is 35.5. The molecule has 0 spiro atoms. The zero-order chi connectivity index (χ0) is 17.7. The van der Waals surface area contributed by atoms with Crippen LogP contribution >= 0.6 is 23.2 Å². The molecule has 0 heterocycles. The number of rotatable bonds is 6. The lowest BCUT2D eigenvalue weighted by Crippen LogP contribution is -2.27. The standard InChI is InChI=1S/C19H20Cl2O3/c1-3-17(22)12(2)18(13-4-8-15(20)9-5-13)24-19(23)14-6-10-16(21)11-7-14/h4-12,17-18,22H,3H2,1-2H3/t12-,17+,18-/m0/s1. The Labute approximate surface area is 152 Å². The first-order valence-corrected chi connectivity index (χ1v) is 8.58. The number of benzene rings is 2. The van der Waals surface area contributed by atoms with Crippen LogP contribution in [0.4, 0.5) is 0 Å². The number of carbonyl (C=O) groups excluding carboxylic acids is 1. The molecule has 0 amide bonds. The molecule has 1 N–H and O–H groups in total. The monoisotopic (exact) mass is 366 g/mol. The molecular formula is C19H20Cl2O3. The van der Waals surface area contributed by atoms with Crippen LogP contribution in [0.5, 0.6) is 0 Å². The third kappa shape index (κ3) is 4.73. The quantitative estimate of drug-likeness (QED) is 0.705. The van der Waals surface area contributed by atoms with E-state index >= 15 is 0 Å². The van der Waals surface area contributed by atoms with Gasteiger partial charge in [0.1, 0.15) is 6.10 Å². The van der Waals surface area contributed by atoms with E-state index in [1.54, 1.807) is 48.5 Å². The Morgan fingerprint density at radius 3 is 2.04 bits per heavy atom. The van der Waals surface area contributed by atoms with Gasteiger partial charge in [-0.15, -0.1) is 0 Å². The number of hydrogen-bond acceptors (Lipinski definition) is 3. The second-order valence-corrected chi connectivity index (χ2v) is 6.59. The Morgan fingerprint density at radius 2 is 1.54 bits per heavy atom. The first kappa shape index (κ1) is 18.8. The fourth-order valence-corrected chi connectivity index (χ4v) is 2.73. The van der Waals surface area contributed by atoms with Gasteiger partial charge in [0.2, 0.25) is 0 Å². The van der Waals surface area contributed by atoms with Crippen molar-refractivity contribution in [3.63, 3.8) is 0 Å². The minimum Gasteiger partial charge on any atom is -0.454 e. The topological polar surface area (TPSA) is 46.5 Å². The molecule has 0 radical (unpaired) electrons. The summed E-state index contributed by atoms with van der Waals surface area (Å²) >= 11 is 11.8. The molecule has 128 valence electrons. The first-order valence-electron chi connectivity index (χ1n) is 7.82. The molecule has 0 aliphatic rings. The van der Waals surface area contributed by atoms with Crippen LogP contribution in [0.1, 0.15) is 42.3 Å². The molecule has 0 bridgehead atoms. The fraction of sp³-hybridized carbons (Fsp3) is 0.316. The fourth-order valence-electron chi connectivity index (χ4n) is 2.47. The van der Waals surface area contributed by atoms with Crippen LogP contribution in [0.15, 0.2) is 48.5 Å². The minimum absolute atomic E-state index is 0.257. The van der Waals surface area contributed by atoms with E-state index in [1.807, 2.05) is 13.8 Å². The number of carbonyl (C=O) groups is 1. The minimum atomic E-state index is -0.580. The average Bonchev–Trinajstić information content (AvgIpc) is 2.59. The van der Waals surface area contributed by atoms with Gasteiger partial charge in [-0.3, -0.25) is 0 Å². The normalized spacial score (nSPS) is 14.7. The number of aliphatic hydroxyl groups excluding tert-OH is 1. The number of esters is 1. The van der Waals surface area contributed by atoms with Crippen LogP contribution in [0.3, 0.4) is 0 Å². The first-order chi connectivity index (χ1) is 11.4. The summed E-state index contributed by atoms with van der Waals surface area (Å²) in [6.07, 6.45) is -0.576. The number of halogens is 2. The van der Waals surface area contributed by atoms with Crippen molar-refractivity contribution >= 4 is 29.2 Å². The summed E-state index contributed by atoms with van der Waals surface area (Å²) < 4.78 is 5.70. The second-order valence-electron chi connectivity index (χ2n) is 5.72. The Kier molecular flexibility index (Phi) is 6.67. The highest BCUT2D eigenvalue weighted by Crippen LogP contribution is 2.31. The highest BCUT2D eigenvalue weighted by molar-refractivity contribution is 6.30. The summed E-state index contributed by atoms with van der Waals surface area (Å²) in [4.78, 5) is 12.4. The third-order valence-corrected chi connectivity index (χ3v) is 4.52. The Morgan fingerprint density at radius 1 is 1.04 bits per heavy atom. The molecule has 0 unspecified atom stereocenters. The zero-order valence-electron chi connectivity index (χ0n) is 13.6. The van der Waals surface area contributed by atoms with E-state index < -0.39 is 18.2 Å². The lowest BCUT2D eigenvalue weighted by atomic mass is 9.91. The van der Waals surface area contributed by atoms with Gasteiger partial charge in [0.25, 0.3) is 0 Å². The van der Waals surface area contributed by atoms with Gasteiger partial charge >= 0.3 is 5.97 Å². The molecule has 0 aliphatic carbocycles. The summed E-state index contributed by atoms with van der Waals surface area (Å²) in [6.45, 7) is 3.75. The van der Waals surface area contributed by atoms with Gasteiger partial charge in [0.05, 0.1) is 11.7 Å². The second kappa shape index (κ2) is 8.52. The van der Waals surface area contributed by atoms with Gasteiger partial charge in [-0.25, -0.2) is 4.79 Å². The van der Waals surface area contributed by atoms with Gasteiger partial charge in [-0.1, -0.05) is 49.2 Å². The Balaban J connectivity index is 2.26. The third-order valence-electron chi connectivity index (χ3n) is 4.02. The van der Waals surface area contributed by atoms with Crippen LogP contribution in [0.2, 0.25) is 10.0 Å². The van der Waals surface area contributed by atoms with Crippen molar-refractivity contribution in [1.29, 1.82) is 0 Å². The summed E-state index contributed by atoms with van der Waals surface area (Å²) in [5.41, 5.74) is 1.21. The van der Waals surface area contributed by atoms with Gasteiger partial charge in [-0.05, 0) is 48.4 Å². The molecule has 2 aromatic rings. The lowest BCUT2D eigenvalue weighted by Gasteiger charge is -2.28. The van der Waals surface area contributed by atoms with E-state index in [2.05, 4.69) is 0 Å².